The number of nitrogens with zero attached hydrogens (tertiary/aromatic N) is 2. The Balaban J connectivity index is 1.57. The van der Waals surface area contributed by atoms with Gasteiger partial charge in [-0.1, -0.05) is 12.1 Å². The minimum Gasteiger partial charge on any atom is -0.478 e. The van der Waals surface area contributed by atoms with Crippen LogP contribution in [0.5, 0.6) is 5.88 Å². The van der Waals surface area contributed by atoms with Crippen molar-refractivity contribution in [3.05, 3.63) is 58.8 Å². The zero-order chi connectivity index (χ0) is 22.6. The summed E-state index contributed by atoms with van der Waals surface area (Å²) in [7, 11) is 0. The summed E-state index contributed by atoms with van der Waals surface area (Å²) in [6.07, 6.45) is 1.39. The molecule has 1 aromatic heterocycles. The highest BCUT2D eigenvalue weighted by atomic mass is 16.6. The van der Waals surface area contributed by atoms with Crippen LogP contribution in [0.3, 0.4) is 0 Å². The third-order valence-corrected chi connectivity index (χ3v) is 5.28. The summed E-state index contributed by atoms with van der Waals surface area (Å²) in [6.45, 7) is 9.08. The number of aryl methyl sites for hydroxylation is 1. The fourth-order valence-electron chi connectivity index (χ4n) is 3.57. The maximum atomic E-state index is 12.3. The quantitative estimate of drug-likeness (QED) is 0.740. The van der Waals surface area contributed by atoms with E-state index in [0.29, 0.717) is 25.6 Å². The van der Waals surface area contributed by atoms with Crippen molar-refractivity contribution in [2.45, 2.75) is 58.7 Å². The van der Waals surface area contributed by atoms with E-state index in [1.54, 1.807) is 23.1 Å². The fourth-order valence-corrected chi connectivity index (χ4v) is 3.57. The van der Waals surface area contributed by atoms with Crippen LogP contribution in [0.1, 0.15) is 66.7 Å². The Morgan fingerprint density at radius 3 is 2.48 bits per heavy atom. The minimum atomic E-state index is -0.942. The molecule has 1 aromatic carbocycles. The Hall–Kier alpha value is -3.09. The lowest BCUT2D eigenvalue weighted by Crippen LogP contribution is -2.41. The van der Waals surface area contributed by atoms with E-state index in [4.69, 9.17) is 14.6 Å². The van der Waals surface area contributed by atoms with Crippen LogP contribution in [0.4, 0.5) is 4.79 Å². The van der Waals surface area contributed by atoms with Gasteiger partial charge < -0.3 is 19.5 Å². The standard InChI is InChI=1S/C24H30N2O5/c1-16-14-18(22(27)28)8-9-19(16)15-30-21-7-5-6-20(25-21)17-10-12-26(13-11-17)23(29)31-24(2,3)4/h5-9,14,17H,10-13,15H2,1-4H3,(H,27,28). The SMILES string of the molecule is Cc1cc(C(=O)O)ccc1COc1cccc(C2CCN(C(=O)OC(C)(C)C)CC2)n1. The van der Waals surface area contributed by atoms with E-state index in [2.05, 4.69) is 4.98 Å². The largest absolute Gasteiger partial charge is 0.478 e. The maximum absolute atomic E-state index is 12.3. The number of hydrogen-bond acceptors (Lipinski definition) is 5. The number of piperidine rings is 1. The van der Waals surface area contributed by atoms with Gasteiger partial charge in [-0.3, -0.25) is 0 Å². The number of ether oxygens (including phenoxy) is 2. The van der Waals surface area contributed by atoms with Crippen molar-refractivity contribution < 1.29 is 24.2 Å². The Morgan fingerprint density at radius 1 is 1.16 bits per heavy atom. The third-order valence-electron chi connectivity index (χ3n) is 5.28. The smallest absolute Gasteiger partial charge is 0.410 e. The molecule has 166 valence electrons. The predicted molar refractivity (Wildman–Crippen MR) is 116 cm³/mol. The highest BCUT2D eigenvalue weighted by molar-refractivity contribution is 5.87. The molecule has 0 radical (unpaired) electrons. The molecule has 2 aromatic rings. The average molecular weight is 427 g/mol. The second-order valence-electron chi connectivity index (χ2n) is 8.88. The van der Waals surface area contributed by atoms with Gasteiger partial charge >= 0.3 is 12.1 Å². The molecule has 3 rings (SSSR count). The lowest BCUT2D eigenvalue weighted by molar-refractivity contribution is 0.0203. The van der Waals surface area contributed by atoms with Gasteiger partial charge in [0, 0.05) is 30.8 Å². The first-order chi connectivity index (χ1) is 14.6. The third kappa shape index (κ3) is 6.20. The summed E-state index contributed by atoms with van der Waals surface area (Å²) < 4.78 is 11.3. The second kappa shape index (κ2) is 9.37. The molecule has 7 heteroatoms. The first-order valence-corrected chi connectivity index (χ1v) is 10.5. The molecule has 1 aliphatic heterocycles. The van der Waals surface area contributed by atoms with Gasteiger partial charge in [-0.2, -0.15) is 0 Å². The number of carboxylic acids is 1. The van der Waals surface area contributed by atoms with Gasteiger partial charge in [0.25, 0.3) is 0 Å². The molecule has 0 saturated carbocycles. The summed E-state index contributed by atoms with van der Waals surface area (Å²) in [5.74, 6) is -0.143. The monoisotopic (exact) mass is 426 g/mol. The molecule has 1 fully saturated rings. The maximum Gasteiger partial charge on any atom is 0.410 e. The van der Waals surface area contributed by atoms with Gasteiger partial charge in [-0.05, 0) is 69.9 Å². The number of hydrogen-bond donors (Lipinski definition) is 1. The summed E-state index contributed by atoms with van der Waals surface area (Å²) in [5, 5.41) is 9.09. The van der Waals surface area contributed by atoms with Gasteiger partial charge in [0.15, 0.2) is 0 Å². The molecule has 2 heterocycles. The van der Waals surface area contributed by atoms with Crippen LogP contribution in [-0.4, -0.2) is 45.7 Å². The zero-order valence-electron chi connectivity index (χ0n) is 18.6. The minimum absolute atomic E-state index is 0.263. The van der Waals surface area contributed by atoms with Crippen molar-refractivity contribution >= 4 is 12.1 Å². The molecule has 31 heavy (non-hydrogen) atoms. The van der Waals surface area contributed by atoms with Crippen molar-refractivity contribution in [2.75, 3.05) is 13.1 Å². The number of carbonyl (C=O) groups excluding carboxylic acids is 1. The van der Waals surface area contributed by atoms with Crippen LogP contribution in [-0.2, 0) is 11.3 Å². The number of pyridine rings is 1. The summed E-state index contributed by atoms with van der Waals surface area (Å²) >= 11 is 0. The Labute approximate surface area is 183 Å². The van der Waals surface area contributed by atoms with Crippen LogP contribution in [0.2, 0.25) is 0 Å². The fraction of sp³-hybridized carbons (Fsp3) is 0.458. The normalized spacial score (nSPS) is 14.9. The van der Waals surface area contributed by atoms with Crippen molar-refractivity contribution in [1.29, 1.82) is 0 Å². The molecule has 0 spiro atoms. The van der Waals surface area contributed by atoms with Crippen LogP contribution >= 0.6 is 0 Å². The number of likely N-dealkylation sites (tertiary alicyclic amines) is 1. The summed E-state index contributed by atoms with van der Waals surface area (Å²) in [4.78, 5) is 29.8. The van der Waals surface area contributed by atoms with Gasteiger partial charge in [0.1, 0.15) is 12.2 Å². The first kappa shape index (κ1) is 22.6. The number of benzene rings is 1. The van der Waals surface area contributed by atoms with E-state index >= 15 is 0 Å². The Kier molecular flexibility index (Phi) is 6.83. The number of amides is 1. The van der Waals surface area contributed by atoms with E-state index in [1.165, 1.54) is 0 Å². The molecule has 0 bridgehead atoms. The second-order valence-corrected chi connectivity index (χ2v) is 8.88. The molecular formula is C24H30N2O5. The number of carboxylic acid groups (broad SMARTS) is 1. The molecule has 7 nitrogen and oxygen atoms in total. The van der Waals surface area contributed by atoms with E-state index in [9.17, 15) is 9.59 Å². The van der Waals surface area contributed by atoms with Crippen molar-refractivity contribution in [3.63, 3.8) is 0 Å². The van der Waals surface area contributed by atoms with Crippen LogP contribution in [0.25, 0.3) is 0 Å². The molecule has 0 atom stereocenters. The van der Waals surface area contributed by atoms with Crippen molar-refractivity contribution in [1.82, 2.24) is 9.88 Å². The van der Waals surface area contributed by atoms with Gasteiger partial charge in [-0.25, -0.2) is 14.6 Å². The molecule has 0 unspecified atom stereocenters. The number of aromatic carboxylic acids is 1. The molecular weight excluding hydrogens is 396 g/mol. The number of rotatable bonds is 5. The van der Waals surface area contributed by atoms with Crippen molar-refractivity contribution in [2.24, 2.45) is 0 Å². The van der Waals surface area contributed by atoms with Crippen LogP contribution in [0, 0.1) is 6.92 Å². The molecule has 1 N–H and O–H groups in total. The lowest BCUT2D eigenvalue weighted by atomic mass is 9.93. The number of aromatic nitrogens is 1. The van der Waals surface area contributed by atoms with Crippen LogP contribution in [0.15, 0.2) is 36.4 Å². The summed E-state index contributed by atoms with van der Waals surface area (Å²) in [6, 6.07) is 10.7. The van der Waals surface area contributed by atoms with Crippen LogP contribution < -0.4 is 4.74 Å². The lowest BCUT2D eigenvalue weighted by Gasteiger charge is -2.33. The number of carbonyl (C=O) groups is 2. The Bertz CT molecular complexity index is 943. The van der Waals surface area contributed by atoms with Gasteiger partial charge in [-0.15, -0.1) is 0 Å². The molecule has 1 amide bonds. The molecule has 1 saturated heterocycles. The van der Waals surface area contributed by atoms with Crippen molar-refractivity contribution in [3.8, 4) is 5.88 Å². The Morgan fingerprint density at radius 2 is 1.87 bits per heavy atom. The molecule has 1 aliphatic rings. The summed E-state index contributed by atoms with van der Waals surface area (Å²) in [5.41, 5.74) is 2.51. The average Bonchev–Trinajstić information content (AvgIpc) is 2.72. The highest BCUT2D eigenvalue weighted by Crippen LogP contribution is 2.29. The van der Waals surface area contributed by atoms with E-state index in [-0.39, 0.29) is 17.6 Å². The topological polar surface area (TPSA) is 89.0 Å². The zero-order valence-corrected chi connectivity index (χ0v) is 18.6. The van der Waals surface area contributed by atoms with Gasteiger partial charge in [0.05, 0.1) is 5.56 Å². The van der Waals surface area contributed by atoms with E-state index in [0.717, 1.165) is 29.7 Å². The molecule has 0 aliphatic carbocycles. The first-order valence-electron chi connectivity index (χ1n) is 10.5. The predicted octanol–water partition coefficient (Wildman–Crippen LogP) is 4.78. The van der Waals surface area contributed by atoms with E-state index in [1.807, 2.05) is 45.9 Å². The van der Waals surface area contributed by atoms with Gasteiger partial charge in [0.2, 0.25) is 5.88 Å². The van der Waals surface area contributed by atoms with E-state index < -0.39 is 11.6 Å². The highest BCUT2D eigenvalue weighted by Gasteiger charge is 2.28.